The highest BCUT2D eigenvalue weighted by molar-refractivity contribution is 6.07. The van der Waals surface area contributed by atoms with Crippen molar-refractivity contribution in [3.8, 4) is 0 Å². The molecule has 1 aliphatic carbocycles. The lowest BCUT2D eigenvalue weighted by molar-refractivity contribution is 0.0697. The van der Waals surface area contributed by atoms with Crippen LogP contribution in [-0.2, 0) is 6.42 Å². The lowest BCUT2D eigenvalue weighted by Gasteiger charge is -2.31. The fourth-order valence-electron chi connectivity index (χ4n) is 3.46. The molecular formula is C19H21NO5. The van der Waals surface area contributed by atoms with Gasteiger partial charge in [-0.25, -0.2) is 4.79 Å². The summed E-state index contributed by atoms with van der Waals surface area (Å²) in [6.45, 7) is 5.82. The molecule has 6 heteroatoms. The molecule has 3 N–H and O–H groups in total. The van der Waals surface area contributed by atoms with Crippen LogP contribution in [0.2, 0.25) is 0 Å². The zero-order valence-corrected chi connectivity index (χ0v) is 14.4. The van der Waals surface area contributed by atoms with E-state index >= 15 is 0 Å². The van der Waals surface area contributed by atoms with Crippen molar-refractivity contribution in [1.29, 1.82) is 0 Å². The molecule has 0 bridgehead atoms. The van der Waals surface area contributed by atoms with Gasteiger partial charge in [0.05, 0.1) is 17.4 Å². The first-order valence-electron chi connectivity index (χ1n) is 8.13. The molecule has 3 rings (SSSR count). The van der Waals surface area contributed by atoms with E-state index in [1.54, 1.807) is 19.1 Å². The number of benzene rings is 1. The molecule has 0 spiro atoms. The average Bonchev–Trinajstić information content (AvgIpc) is 2.83. The maximum atomic E-state index is 12.6. The molecule has 132 valence electrons. The number of carbonyl (C=O) groups is 2. The summed E-state index contributed by atoms with van der Waals surface area (Å²) in [5.41, 5.74) is 1.38. The van der Waals surface area contributed by atoms with Gasteiger partial charge < -0.3 is 19.9 Å². The monoisotopic (exact) mass is 343 g/mol. The van der Waals surface area contributed by atoms with Gasteiger partial charge in [-0.15, -0.1) is 0 Å². The Morgan fingerprint density at radius 2 is 1.96 bits per heavy atom. The number of aliphatic hydroxyl groups is 1. The van der Waals surface area contributed by atoms with Gasteiger partial charge in [-0.3, -0.25) is 4.79 Å². The van der Waals surface area contributed by atoms with Gasteiger partial charge in [-0.2, -0.15) is 0 Å². The Morgan fingerprint density at radius 1 is 1.28 bits per heavy atom. The van der Waals surface area contributed by atoms with Crippen LogP contribution in [0.3, 0.4) is 0 Å². The number of nitrogens with one attached hydrogen (secondary N) is 1. The topological polar surface area (TPSA) is 99.8 Å². The molecule has 0 fully saturated rings. The Labute approximate surface area is 145 Å². The lowest BCUT2D eigenvalue weighted by Crippen LogP contribution is -2.24. The minimum atomic E-state index is -1.12. The first-order valence-corrected chi connectivity index (χ1v) is 8.13. The van der Waals surface area contributed by atoms with Crippen molar-refractivity contribution in [3.63, 3.8) is 0 Å². The normalized spacial score (nSPS) is 18.5. The summed E-state index contributed by atoms with van der Waals surface area (Å²) in [6.07, 6.45) is 0.568. The Hall–Kier alpha value is -2.60. The van der Waals surface area contributed by atoms with Crippen LogP contribution in [-0.4, -0.2) is 22.1 Å². The van der Waals surface area contributed by atoms with E-state index in [0.29, 0.717) is 29.7 Å². The maximum absolute atomic E-state index is 12.6. The number of para-hydroxylation sites is 1. The van der Waals surface area contributed by atoms with Crippen molar-refractivity contribution in [3.05, 3.63) is 52.5 Å². The summed E-state index contributed by atoms with van der Waals surface area (Å²) >= 11 is 0. The quantitative estimate of drug-likeness (QED) is 0.791. The molecule has 1 aromatic heterocycles. The van der Waals surface area contributed by atoms with Crippen LogP contribution in [0, 0.1) is 12.3 Å². The van der Waals surface area contributed by atoms with E-state index in [4.69, 9.17) is 4.42 Å². The van der Waals surface area contributed by atoms with Gasteiger partial charge in [0.2, 0.25) is 0 Å². The van der Waals surface area contributed by atoms with Crippen molar-refractivity contribution >= 4 is 17.6 Å². The summed E-state index contributed by atoms with van der Waals surface area (Å²) in [6, 6.07) is 6.18. The predicted octanol–water partition coefficient (Wildman–Crippen LogP) is 3.54. The first-order chi connectivity index (χ1) is 11.7. The van der Waals surface area contributed by atoms with E-state index in [0.717, 1.165) is 0 Å². The largest absolute Gasteiger partial charge is 0.478 e. The molecule has 1 aromatic carbocycles. The number of furan rings is 1. The summed E-state index contributed by atoms with van der Waals surface area (Å²) in [5.74, 6) is -0.908. The van der Waals surface area contributed by atoms with Gasteiger partial charge in [-0.05, 0) is 30.9 Å². The molecule has 6 nitrogen and oxygen atoms in total. The standard InChI is InChI=1S/C19H21NO5/c1-10-15-13(21)8-19(2,3)9-14(15)25-16(10)17(22)20-12-7-5-4-6-11(12)18(23)24/h4-7,13,21H,8-9H2,1-3H3,(H,20,22)(H,23,24)/t13-/m0/s1. The third kappa shape index (κ3) is 3.17. The number of anilines is 1. The highest BCUT2D eigenvalue weighted by atomic mass is 16.4. The zero-order valence-electron chi connectivity index (χ0n) is 14.4. The number of amides is 1. The number of carboxylic acids is 1. The minimum Gasteiger partial charge on any atom is -0.478 e. The van der Waals surface area contributed by atoms with Crippen molar-refractivity contribution in [2.45, 2.75) is 39.7 Å². The Balaban J connectivity index is 1.94. The molecule has 1 heterocycles. The van der Waals surface area contributed by atoms with Crippen LogP contribution >= 0.6 is 0 Å². The molecule has 0 aliphatic heterocycles. The van der Waals surface area contributed by atoms with Crippen LogP contribution in [0.5, 0.6) is 0 Å². The summed E-state index contributed by atoms with van der Waals surface area (Å²) in [7, 11) is 0. The first kappa shape index (κ1) is 17.2. The molecule has 0 saturated heterocycles. The zero-order chi connectivity index (χ0) is 18.4. The maximum Gasteiger partial charge on any atom is 0.337 e. The van der Waals surface area contributed by atoms with Gasteiger partial charge in [-0.1, -0.05) is 26.0 Å². The molecule has 0 radical (unpaired) electrons. The van der Waals surface area contributed by atoms with E-state index in [9.17, 15) is 19.8 Å². The number of hydrogen-bond acceptors (Lipinski definition) is 4. The second-order valence-corrected chi connectivity index (χ2v) is 7.26. The second kappa shape index (κ2) is 6.04. The molecule has 0 unspecified atom stereocenters. The third-order valence-electron chi connectivity index (χ3n) is 4.60. The highest BCUT2D eigenvalue weighted by Crippen LogP contribution is 2.44. The van der Waals surface area contributed by atoms with Crippen LogP contribution in [0.4, 0.5) is 5.69 Å². The molecule has 2 aromatic rings. The van der Waals surface area contributed by atoms with E-state index in [1.807, 2.05) is 13.8 Å². The Kier molecular flexibility index (Phi) is 4.16. The summed E-state index contributed by atoms with van der Waals surface area (Å²) in [5, 5.41) is 22.2. The number of carboxylic acid groups (broad SMARTS) is 1. The average molecular weight is 343 g/mol. The van der Waals surface area contributed by atoms with Gasteiger partial charge in [0.15, 0.2) is 5.76 Å². The highest BCUT2D eigenvalue weighted by Gasteiger charge is 2.37. The minimum absolute atomic E-state index is 0.00555. The molecule has 1 atom stereocenters. The summed E-state index contributed by atoms with van der Waals surface area (Å²) < 4.78 is 5.76. The Bertz CT molecular complexity index is 849. The number of carbonyl (C=O) groups excluding carboxylic acids is 1. The molecule has 25 heavy (non-hydrogen) atoms. The van der Waals surface area contributed by atoms with Gasteiger partial charge in [0, 0.05) is 17.5 Å². The van der Waals surface area contributed by atoms with E-state index < -0.39 is 18.0 Å². The van der Waals surface area contributed by atoms with Crippen molar-refractivity contribution in [1.82, 2.24) is 0 Å². The van der Waals surface area contributed by atoms with Gasteiger partial charge in [0.25, 0.3) is 5.91 Å². The van der Waals surface area contributed by atoms with Crippen LogP contribution in [0.1, 0.15) is 64.2 Å². The molecule has 1 aliphatic rings. The van der Waals surface area contributed by atoms with Crippen molar-refractivity contribution in [2.24, 2.45) is 5.41 Å². The van der Waals surface area contributed by atoms with Gasteiger partial charge >= 0.3 is 5.97 Å². The van der Waals surface area contributed by atoms with E-state index in [-0.39, 0.29) is 22.4 Å². The molecular weight excluding hydrogens is 322 g/mol. The van der Waals surface area contributed by atoms with Crippen LogP contribution < -0.4 is 5.32 Å². The lowest BCUT2D eigenvalue weighted by atomic mass is 9.75. The van der Waals surface area contributed by atoms with Crippen molar-refractivity contribution in [2.75, 3.05) is 5.32 Å². The van der Waals surface area contributed by atoms with Gasteiger partial charge in [0.1, 0.15) is 5.76 Å². The fraction of sp³-hybridized carbons (Fsp3) is 0.368. The van der Waals surface area contributed by atoms with Crippen LogP contribution in [0.25, 0.3) is 0 Å². The molecule has 0 saturated carbocycles. The summed E-state index contributed by atoms with van der Waals surface area (Å²) in [4.78, 5) is 23.9. The van der Waals surface area contributed by atoms with Crippen molar-refractivity contribution < 1.29 is 24.2 Å². The van der Waals surface area contributed by atoms with E-state index in [2.05, 4.69) is 5.32 Å². The SMILES string of the molecule is Cc1c(C(=O)Nc2ccccc2C(=O)O)oc2c1[C@@H](O)CC(C)(C)C2. The number of rotatable bonds is 3. The number of aliphatic hydroxyl groups excluding tert-OH is 1. The van der Waals surface area contributed by atoms with Crippen LogP contribution in [0.15, 0.2) is 28.7 Å². The second-order valence-electron chi connectivity index (χ2n) is 7.26. The number of aromatic carboxylic acids is 1. The fourth-order valence-corrected chi connectivity index (χ4v) is 3.46. The predicted molar refractivity (Wildman–Crippen MR) is 91.9 cm³/mol. The smallest absolute Gasteiger partial charge is 0.337 e. The third-order valence-corrected chi connectivity index (χ3v) is 4.60. The van der Waals surface area contributed by atoms with E-state index in [1.165, 1.54) is 12.1 Å². The number of hydrogen-bond donors (Lipinski definition) is 3. The Morgan fingerprint density at radius 3 is 2.64 bits per heavy atom. The molecule has 1 amide bonds. The number of fused-ring (bicyclic) bond motifs is 1.